The number of aliphatic hydroxyl groups is 3. The molecule has 1 fully saturated rings. The molecule has 2 amide bonds. The van der Waals surface area contributed by atoms with E-state index in [1.54, 1.807) is 18.2 Å². The lowest BCUT2D eigenvalue weighted by molar-refractivity contribution is -0.243. The van der Waals surface area contributed by atoms with E-state index < -0.39 is 61.0 Å². The van der Waals surface area contributed by atoms with Gasteiger partial charge in [-0.3, -0.25) is 14.4 Å². The number of rotatable bonds is 8. The predicted molar refractivity (Wildman–Crippen MR) is 151 cm³/mol. The average molecular weight is 616 g/mol. The maximum atomic E-state index is 14.2. The number of hydrogen-bond acceptors (Lipinski definition) is 9. The van der Waals surface area contributed by atoms with Crippen LogP contribution in [0.4, 0.5) is 0 Å². The van der Waals surface area contributed by atoms with Gasteiger partial charge in [0.15, 0.2) is 6.29 Å². The number of hydroxylamine groups is 1. The number of fused-ring (bicyclic) bond motifs is 1. The third kappa shape index (κ3) is 5.64. The van der Waals surface area contributed by atoms with E-state index in [2.05, 4.69) is 10.7 Å². The third-order valence-electron chi connectivity index (χ3n) is 7.50. The number of ether oxygens (including phenoxy) is 1. The highest BCUT2D eigenvalue weighted by molar-refractivity contribution is 6.35. The van der Waals surface area contributed by atoms with Gasteiger partial charge in [-0.15, -0.1) is 0 Å². The first-order valence-electron chi connectivity index (χ1n) is 13.0. The minimum Gasteiger partial charge on any atom is -0.394 e. The number of halogens is 2. The lowest BCUT2D eigenvalue weighted by atomic mass is 9.77. The quantitative estimate of drug-likeness (QED) is 0.222. The molecular weight excluding hydrogens is 589 g/mol. The first-order valence-corrected chi connectivity index (χ1v) is 13.8. The number of nitrogens with one attached hydrogen (secondary N) is 1. The minimum absolute atomic E-state index is 0.0526. The summed E-state index contributed by atoms with van der Waals surface area (Å²) in [7, 11) is 0. The number of nitrogens with zero attached hydrogens (tertiary/aromatic N) is 2. The van der Waals surface area contributed by atoms with E-state index in [0.29, 0.717) is 10.6 Å². The molecule has 4 N–H and O–H groups in total. The Labute approximate surface area is 250 Å². The fraction of sp³-hybridized carbons (Fsp3) is 0.310. The number of hydrogen-bond donors (Lipinski definition) is 4. The van der Waals surface area contributed by atoms with Gasteiger partial charge in [-0.05, 0) is 34.9 Å². The number of nitroso groups, excluding NO2 is 1. The van der Waals surface area contributed by atoms with E-state index in [4.69, 9.17) is 32.8 Å². The van der Waals surface area contributed by atoms with E-state index in [0.717, 1.165) is 10.5 Å². The van der Waals surface area contributed by atoms with Crippen LogP contribution in [0.1, 0.15) is 39.0 Å². The second-order valence-electron chi connectivity index (χ2n) is 9.95. The molecule has 0 spiro atoms. The van der Waals surface area contributed by atoms with Crippen LogP contribution >= 0.6 is 23.2 Å². The van der Waals surface area contributed by atoms with Crippen LogP contribution in [0.25, 0.3) is 0 Å². The Kier molecular flexibility index (Phi) is 9.19. The maximum Gasteiger partial charge on any atom is 0.255 e. The summed E-state index contributed by atoms with van der Waals surface area (Å²) in [6.07, 6.45) is -4.88. The van der Waals surface area contributed by atoms with Gasteiger partial charge in [0.2, 0.25) is 0 Å². The van der Waals surface area contributed by atoms with Gasteiger partial charge in [0.1, 0.15) is 24.3 Å². The molecule has 220 valence electrons. The van der Waals surface area contributed by atoms with Crippen molar-refractivity contribution in [3.8, 4) is 0 Å². The van der Waals surface area contributed by atoms with Crippen LogP contribution in [-0.4, -0.2) is 69.2 Å². The van der Waals surface area contributed by atoms with Crippen molar-refractivity contribution in [3.05, 3.63) is 110 Å². The van der Waals surface area contributed by atoms with Crippen LogP contribution in [0.2, 0.25) is 10.0 Å². The van der Waals surface area contributed by atoms with Gasteiger partial charge < -0.3 is 25.0 Å². The molecule has 42 heavy (non-hydrogen) atoms. The fourth-order valence-corrected chi connectivity index (χ4v) is 6.09. The van der Waals surface area contributed by atoms with E-state index >= 15 is 0 Å². The van der Waals surface area contributed by atoms with Crippen LogP contribution in [0.3, 0.4) is 0 Å². The minimum atomic E-state index is -1.87. The van der Waals surface area contributed by atoms with Gasteiger partial charge in [0.25, 0.3) is 11.8 Å². The zero-order valence-electron chi connectivity index (χ0n) is 21.9. The maximum absolute atomic E-state index is 14.2. The van der Waals surface area contributed by atoms with Crippen molar-refractivity contribution < 1.29 is 34.5 Å². The van der Waals surface area contributed by atoms with E-state index in [1.807, 2.05) is 30.3 Å². The summed E-state index contributed by atoms with van der Waals surface area (Å²) in [5, 5.41) is 34.9. The number of amides is 2. The summed E-state index contributed by atoms with van der Waals surface area (Å²) in [6, 6.07) is 15.5. The van der Waals surface area contributed by atoms with Crippen molar-refractivity contribution in [2.45, 2.75) is 49.1 Å². The van der Waals surface area contributed by atoms with Crippen molar-refractivity contribution in [2.24, 2.45) is 5.18 Å². The van der Waals surface area contributed by atoms with Crippen LogP contribution in [0.5, 0.6) is 0 Å². The third-order valence-corrected chi connectivity index (χ3v) is 8.07. The molecule has 2 heterocycles. The zero-order chi connectivity index (χ0) is 30.0. The van der Waals surface area contributed by atoms with Gasteiger partial charge in [-0.1, -0.05) is 83.0 Å². The first-order chi connectivity index (χ1) is 20.3. The van der Waals surface area contributed by atoms with Gasteiger partial charge >= 0.3 is 0 Å². The van der Waals surface area contributed by atoms with Gasteiger partial charge in [0.05, 0.1) is 25.2 Å². The Morgan fingerprint density at radius 3 is 2.43 bits per heavy atom. The second kappa shape index (κ2) is 12.8. The highest BCUT2D eigenvalue weighted by Gasteiger charge is 2.55. The zero-order valence-corrected chi connectivity index (χ0v) is 23.4. The molecule has 0 aromatic heterocycles. The van der Waals surface area contributed by atoms with Gasteiger partial charge in [-0.2, -0.15) is 4.91 Å². The second-order valence-corrected chi connectivity index (χ2v) is 10.8. The molecule has 2 aliphatic heterocycles. The molecule has 0 saturated carbocycles. The molecule has 0 radical (unpaired) electrons. The Morgan fingerprint density at radius 1 is 1.02 bits per heavy atom. The largest absolute Gasteiger partial charge is 0.394 e. The number of carbonyl (C=O) groups excluding carboxylic acids is 2. The van der Waals surface area contributed by atoms with Crippen molar-refractivity contribution in [1.29, 1.82) is 0 Å². The van der Waals surface area contributed by atoms with Crippen molar-refractivity contribution in [1.82, 2.24) is 10.4 Å². The highest BCUT2D eigenvalue weighted by Crippen LogP contribution is 2.48. The number of carbonyl (C=O) groups is 2. The SMILES string of the molecule is O=N[C@@H]1C(N2C(=O)c3ccccc3C(C(=O)NOCc3ccccc3)C2c2ccc(Cl)cc2Cl)C(O)O[C@H](CO)[C@H]1O. The normalized spacial score (nSPS) is 27.3. The Hall–Kier alpha value is -3.42. The summed E-state index contributed by atoms with van der Waals surface area (Å²) in [5.41, 5.74) is 3.98. The van der Waals surface area contributed by atoms with Crippen LogP contribution in [-0.2, 0) is 21.0 Å². The molecule has 11 nitrogen and oxygen atoms in total. The Morgan fingerprint density at radius 2 is 1.74 bits per heavy atom. The smallest absolute Gasteiger partial charge is 0.255 e. The highest BCUT2D eigenvalue weighted by atomic mass is 35.5. The summed E-state index contributed by atoms with van der Waals surface area (Å²) in [6.45, 7) is -0.666. The number of aliphatic hydroxyl groups excluding tert-OH is 3. The molecule has 0 aliphatic carbocycles. The van der Waals surface area contributed by atoms with Crippen molar-refractivity contribution in [3.63, 3.8) is 0 Å². The molecule has 3 aromatic rings. The average Bonchev–Trinajstić information content (AvgIpc) is 2.99. The van der Waals surface area contributed by atoms with Crippen molar-refractivity contribution >= 4 is 35.0 Å². The Bertz CT molecular complexity index is 1460. The standard InChI is InChI=1S/C29H27Cl2N3O8/c30-16-10-11-19(20(31)12-16)24-22(27(37)33-41-14-15-6-2-1-3-7-15)17-8-4-5-9-18(17)28(38)34(24)25-23(32-40)26(36)21(13-35)42-29(25)39/h1-12,21-26,29,35-36,39H,13-14H2,(H,33,37)/t21-,22?,23-,24?,25?,26-,29?/m1/s1. The summed E-state index contributed by atoms with van der Waals surface area (Å²) >= 11 is 12.8. The van der Waals surface area contributed by atoms with Crippen LogP contribution in [0, 0.1) is 4.91 Å². The molecule has 13 heteroatoms. The van der Waals surface area contributed by atoms with E-state index in [-0.39, 0.29) is 22.8 Å². The lowest BCUT2D eigenvalue weighted by Gasteiger charge is -2.50. The fourth-order valence-electron chi connectivity index (χ4n) is 5.57. The molecule has 5 rings (SSSR count). The Balaban J connectivity index is 1.63. The van der Waals surface area contributed by atoms with Crippen LogP contribution < -0.4 is 5.48 Å². The monoisotopic (exact) mass is 615 g/mol. The number of benzene rings is 3. The molecule has 1 saturated heterocycles. The van der Waals surface area contributed by atoms with Crippen LogP contribution in [0.15, 0.2) is 78.0 Å². The molecular formula is C29H27Cl2N3O8. The van der Waals surface area contributed by atoms with Gasteiger partial charge in [0, 0.05) is 15.6 Å². The summed E-state index contributed by atoms with van der Waals surface area (Å²) < 4.78 is 5.41. The summed E-state index contributed by atoms with van der Waals surface area (Å²) in [4.78, 5) is 46.8. The van der Waals surface area contributed by atoms with E-state index in [9.17, 15) is 29.8 Å². The first kappa shape index (κ1) is 30.1. The molecule has 3 aromatic carbocycles. The lowest BCUT2D eigenvalue weighted by Crippen LogP contribution is -2.66. The molecule has 4 unspecified atom stereocenters. The molecule has 2 aliphatic rings. The molecule has 7 atom stereocenters. The predicted octanol–water partition coefficient (Wildman–Crippen LogP) is 3.10. The van der Waals surface area contributed by atoms with Gasteiger partial charge in [-0.25, -0.2) is 5.48 Å². The van der Waals surface area contributed by atoms with Crippen molar-refractivity contribution in [2.75, 3.05) is 6.61 Å². The topological polar surface area (TPSA) is 158 Å². The molecule has 0 bridgehead atoms. The van der Waals surface area contributed by atoms with E-state index in [1.165, 1.54) is 24.3 Å². The summed E-state index contributed by atoms with van der Waals surface area (Å²) in [5.74, 6) is -2.50.